The van der Waals surface area contributed by atoms with E-state index < -0.39 is 12.3 Å². The van der Waals surface area contributed by atoms with Crippen molar-refractivity contribution in [2.45, 2.75) is 187 Å². The van der Waals surface area contributed by atoms with Crippen LogP contribution in [-0.2, 0) is 11.2 Å². The van der Waals surface area contributed by atoms with Crippen molar-refractivity contribution in [1.29, 1.82) is 0 Å². The topological polar surface area (TPSA) is 60.8 Å². The van der Waals surface area contributed by atoms with E-state index in [1.807, 2.05) is 12.1 Å². The second kappa shape index (κ2) is 19.5. The van der Waals surface area contributed by atoms with Crippen molar-refractivity contribution in [3.05, 3.63) is 29.3 Å². The van der Waals surface area contributed by atoms with Crippen molar-refractivity contribution in [2.24, 2.45) is 23.2 Å². The second-order valence-corrected chi connectivity index (χ2v) is 16.1. The molecule has 3 aliphatic carbocycles. The van der Waals surface area contributed by atoms with Gasteiger partial charge >= 0.3 is 0 Å². The molecule has 0 bridgehead atoms. The number of nitrogens with zero attached hydrogens (tertiary/aromatic N) is 1. The lowest BCUT2D eigenvalue weighted by atomic mass is 9.51. The second-order valence-electron chi connectivity index (χ2n) is 16.1. The number of rotatable bonds is 22. The molecule has 0 heterocycles. The number of carbonyl (C=O) groups excluding carboxylic acids is 1. The highest BCUT2D eigenvalue weighted by Crippen LogP contribution is 2.63. The van der Waals surface area contributed by atoms with Crippen LogP contribution in [0, 0.1) is 23.2 Å². The molecule has 3 aliphatic rings. The zero-order valence-corrected chi connectivity index (χ0v) is 30.5. The highest BCUT2D eigenvalue weighted by atomic mass is 19.1. The average Bonchev–Trinajstić information content (AvgIpc) is 3.35. The molecule has 1 aromatic rings. The van der Waals surface area contributed by atoms with E-state index in [1.54, 1.807) is 6.07 Å². The van der Waals surface area contributed by atoms with Crippen LogP contribution in [0.4, 0.5) is 4.39 Å². The van der Waals surface area contributed by atoms with E-state index in [4.69, 9.17) is 0 Å². The number of aromatic hydroxyl groups is 1. The monoisotopic (exact) mass is 656 g/mol. The quantitative estimate of drug-likeness (QED) is 0.122. The molecule has 0 spiro atoms. The van der Waals surface area contributed by atoms with Crippen molar-refractivity contribution in [1.82, 2.24) is 4.90 Å². The summed E-state index contributed by atoms with van der Waals surface area (Å²) in [6.07, 6.45) is 24.3. The van der Waals surface area contributed by atoms with Gasteiger partial charge in [-0.3, -0.25) is 4.79 Å². The number of aliphatic hydroxyl groups excluding tert-OH is 1. The summed E-state index contributed by atoms with van der Waals surface area (Å²) < 4.78 is 16.1. The summed E-state index contributed by atoms with van der Waals surface area (Å²) in [7, 11) is 0. The number of amides is 1. The van der Waals surface area contributed by atoms with Crippen molar-refractivity contribution >= 4 is 5.91 Å². The van der Waals surface area contributed by atoms with Gasteiger partial charge in [0, 0.05) is 25.4 Å². The van der Waals surface area contributed by atoms with Crippen molar-refractivity contribution in [3.63, 3.8) is 0 Å². The number of hydrogen-bond donors (Lipinski definition) is 2. The van der Waals surface area contributed by atoms with Gasteiger partial charge in [0.15, 0.2) is 0 Å². The first kappa shape index (κ1) is 38.2. The smallest absolute Gasteiger partial charge is 0.222 e. The number of alkyl halides is 1. The number of hydrogen-bond acceptors (Lipinski definition) is 3. The van der Waals surface area contributed by atoms with Crippen LogP contribution in [0.25, 0.3) is 0 Å². The Morgan fingerprint density at radius 1 is 0.851 bits per heavy atom. The Hall–Kier alpha value is -1.62. The lowest BCUT2D eigenvalue weighted by Gasteiger charge is -2.54. The van der Waals surface area contributed by atoms with E-state index in [0.29, 0.717) is 30.6 Å². The minimum Gasteiger partial charge on any atom is -0.508 e. The Morgan fingerprint density at radius 3 is 2.13 bits per heavy atom. The molecule has 7 atom stereocenters. The number of halogens is 1. The van der Waals surface area contributed by atoms with Gasteiger partial charge in [0.05, 0.1) is 6.10 Å². The molecule has 1 aromatic carbocycles. The number of benzene rings is 1. The molecule has 0 saturated heterocycles. The van der Waals surface area contributed by atoms with Gasteiger partial charge in [0.1, 0.15) is 11.9 Å². The van der Waals surface area contributed by atoms with E-state index in [1.165, 1.54) is 70.6 Å². The van der Waals surface area contributed by atoms with Crippen LogP contribution in [0.2, 0.25) is 0 Å². The number of phenolic OH excluding ortho intramolecular Hbond substituents is 1. The maximum Gasteiger partial charge on any atom is 0.222 e. The van der Waals surface area contributed by atoms with Gasteiger partial charge in [0.25, 0.3) is 0 Å². The Balaban J connectivity index is 1.24. The maximum absolute atomic E-state index is 16.1. The molecule has 4 nitrogen and oxygen atoms in total. The van der Waals surface area contributed by atoms with E-state index in [2.05, 4.69) is 25.7 Å². The first-order valence-electron chi connectivity index (χ1n) is 20.2. The van der Waals surface area contributed by atoms with Gasteiger partial charge in [-0.25, -0.2) is 4.39 Å². The zero-order chi connectivity index (χ0) is 33.6. The Labute approximate surface area is 287 Å². The summed E-state index contributed by atoms with van der Waals surface area (Å²) in [5, 5.41) is 21.2. The van der Waals surface area contributed by atoms with Crippen LogP contribution in [0.3, 0.4) is 0 Å². The normalized spacial score (nSPS) is 28.1. The molecule has 2 saturated carbocycles. The molecule has 0 radical (unpaired) electrons. The first-order valence-corrected chi connectivity index (χ1v) is 20.2. The van der Waals surface area contributed by atoms with Gasteiger partial charge in [0.2, 0.25) is 5.91 Å². The van der Waals surface area contributed by atoms with Gasteiger partial charge in [-0.2, -0.15) is 0 Å². The molecule has 5 heteroatoms. The predicted octanol–water partition coefficient (Wildman–Crippen LogP) is 11.1. The van der Waals surface area contributed by atoms with E-state index in [9.17, 15) is 15.0 Å². The standard InChI is InChI=1S/C42H70FNO3/c1-4-6-8-10-11-12-13-14-18-22-39(47)44(27-19-9-7-5-2)28-20-16-15-17-21-32-29-33-30-34(45)23-24-35(33)41-37(43)31-42(3)36(40(32)41)25-26-38(42)46/h23-24,30,32,36-38,40-41,45-46H,4-22,25-29,31H2,1-3H3/t32-,36+,37+,38+,40+,41+,42+/m1/s1. The van der Waals surface area contributed by atoms with Crippen molar-refractivity contribution in [2.75, 3.05) is 13.1 Å². The van der Waals surface area contributed by atoms with Crippen LogP contribution in [0.1, 0.15) is 179 Å². The fraction of sp³-hybridized carbons (Fsp3) is 0.833. The Kier molecular flexibility index (Phi) is 15.9. The summed E-state index contributed by atoms with van der Waals surface area (Å²) >= 11 is 0. The first-order chi connectivity index (χ1) is 22.8. The van der Waals surface area contributed by atoms with Gasteiger partial charge in [-0.15, -0.1) is 0 Å². The lowest BCUT2D eigenvalue weighted by molar-refractivity contribution is -0.131. The van der Waals surface area contributed by atoms with Gasteiger partial charge in [-0.05, 0) is 97.8 Å². The summed E-state index contributed by atoms with van der Waals surface area (Å²) in [6.45, 7) is 8.44. The van der Waals surface area contributed by atoms with Crippen LogP contribution in [0.5, 0.6) is 5.75 Å². The molecule has 1 amide bonds. The minimum absolute atomic E-state index is 0.120. The van der Waals surface area contributed by atoms with Crippen molar-refractivity contribution in [3.8, 4) is 5.75 Å². The average molecular weight is 656 g/mol. The number of unbranched alkanes of at least 4 members (excludes halogenated alkanes) is 14. The molecule has 47 heavy (non-hydrogen) atoms. The molecule has 268 valence electrons. The third-order valence-electron chi connectivity index (χ3n) is 12.7. The Morgan fingerprint density at radius 2 is 1.45 bits per heavy atom. The lowest BCUT2D eigenvalue weighted by Crippen LogP contribution is -2.51. The molecule has 2 N–H and O–H groups in total. The van der Waals surface area contributed by atoms with E-state index in [-0.39, 0.29) is 23.0 Å². The molecule has 2 fully saturated rings. The Bertz CT molecular complexity index is 1060. The fourth-order valence-corrected chi connectivity index (χ4v) is 9.93. The predicted molar refractivity (Wildman–Crippen MR) is 194 cm³/mol. The van der Waals surface area contributed by atoms with E-state index in [0.717, 1.165) is 88.4 Å². The molecule has 0 aromatic heterocycles. The third kappa shape index (κ3) is 10.4. The maximum atomic E-state index is 16.1. The molecular weight excluding hydrogens is 585 g/mol. The number of phenols is 1. The SMILES string of the molecule is CCCCCCCCCCCC(=O)N(CCCCCC)CCCCCC[C@@H]1Cc2cc(O)ccc2[C@@H]2[C@@H]1[C@@H]1CC[C@H](O)[C@@]1(C)C[C@@H]2F. The van der Waals surface area contributed by atoms with Crippen molar-refractivity contribution < 1.29 is 19.4 Å². The summed E-state index contributed by atoms with van der Waals surface area (Å²) in [4.78, 5) is 15.4. The van der Waals surface area contributed by atoms with Crippen LogP contribution >= 0.6 is 0 Å². The largest absolute Gasteiger partial charge is 0.508 e. The van der Waals surface area contributed by atoms with Crippen LogP contribution in [0.15, 0.2) is 18.2 Å². The highest BCUT2D eigenvalue weighted by molar-refractivity contribution is 5.76. The summed E-state index contributed by atoms with van der Waals surface area (Å²) in [5.74, 6) is 1.52. The van der Waals surface area contributed by atoms with Crippen LogP contribution in [-0.4, -0.2) is 46.4 Å². The van der Waals surface area contributed by atoms with Gasteiger partial charge < -0.3 is 15.1 Å². The minimum atomic E-state index is -0.948. The van der Waals surface area contributed by atoms with Gasteiger partial charge in [-0.1, -0.05) is 117 Å². The molecule has 4 rings (SSSR count). The molecular formula is C42H70FNO3. The number of aliphatic hydroxyl groups is 1. The van der Waals surface area contributed by atoms with E-state index >= 15 is 4.39 Å². The summed E-state index contributed by atoms with van der Waals surface area (Å²) in [6, 6.07) is 5.59. The number of carbonyl (C=O) groups is 1. The molecule has 0 unspecified atom stereocenters. The summed E-state index contributed by atoms with van der Waals surface area (Å²) in [5.41, 5.74) is 1.91. The third-order valence-corrected chi connectivity index (χ3v) is 12.7. The zero-order valence-electron chi connectivity index (χ0n) is 30.5. The number of fused-ring (bicyclic) bond motifs is 5. The molecule has 0 aliphatic heterocycles. The highest BCUT2D eigenvalue weighted by Gasteiger charge is 2.59. The van der Waals surface area contributed by atoms with Crippen LogP contribution < -0.4 is 0 Å². The fourth-order valence-electron chi connectivity index (χ4n) is 9.93.